The molecule has 0 aromatic carbocycles. The molecule has 6 heterocycles. The molecule has 2 aliphatic rings. The van der Waals surface area contributed by atoms with E-state index in [1.54, 1.807) is 6.92 Å². The van der Waals surface area contributed by atoms with Gasteiger partial charge in [-0.05, 0) is 31.2 Å². The number of fused-ring (bicyclic) bond motifs is 1. The average Bonchev–Trinajstić information content (AvgIpc) is 3.12. The first kappa shape index (κ1) is 21.1. The van der Waals surface area contributed by atoms with Crippen LogP contribution in [-0.2, 0) is 0 Å². The van der Waals surface area contributed by atoms with E-state index in [4.69, 9.17) is 0 Å². The van der Waals surface area contributed by atoms with Crippen LogP contribution in [0.25, 0.3) is 20.8 Å². The number of halogens is 1. The molecule has 2 aliphatic heterocycles. The summed E-state index contributed by atoms with van der Waals surface area (Å²) in [6.45, 7) is 9.58. The van der Waals surface area contributed by atoms with Crippen molar-refractivity contribution in [2.24, 2.45) is 5.41 Å². The summed E-state index contributed by atoms with van der Waals surface area (Å²) < 4.78 is 14.7. The fourth-order valence-electron chi connectivity index (χ4n) is 4.92. The molecule has 6 rings (SSSR count). The number of aromatic amines is 1. The molecule has 4 aromatic heterocycles. The lowest BCUT2D eigenvalue weighted by Crippen LogP contribution is -2.72. The number of nitrogens with one attached hydrogen (secondary N) is 2. The fourth-order valence-corrected chi connectivity index (χ4v) is 6.07. The Labute approximate surface area is 198 Å². The number of H-pyrrole nitrogens is 1. The third-order valence-corrected chi connectivity index (χ3v) is 7.87. The molecule has 0 bridgehead atoms. The van der Waals surface area contributed by atoms with E-state index < -0.39 is 5.82 Å². The topological polar surface area (TPSA) is 103 Å². The highest BCUT2D eigenvalue weighted by atomic mass is 32.1. The molecule has 9 nitrogen and oxygen atoms in total. The molecule has 34 heavy (non-hydrogen) atoms. The van der Waals surface area contributed by atoms with Gasteiger partial charge in [-0.2, -0.15) is 0 Å². The van der Waals surface area contributed by atoms with Gasteiger partial charge in [0.1, 0.15) is 16.3 Å². The van der Waals surface area contributed by atoms with Crippen molar-refractivity contribution in [3.63, 3.8) is 0 Å². The standard InChI is InChI=1S/C23H23FN8OS/c1-3-31-8-23(9-31)10-32(11-23)14-4-5-16(25-6-14)29-22-26-7-15(24)18(30-22)19-13(2)17-20(33)27-12-28-21(17)34-19/h4-7,12H,3,8-11H2,1-2H3,(H,27,28,33)(H,25,26,29,30). The van der Waals surface area contributed by atoms with Gasteiger partial charge in [-0.3, -0.25) is 4.79 Å². The van der Waals surface area contributed by atoms with Crippen molar-refractivity contribution in [3.8, 4) is 10.6 Å². The van der Waals surface area contributed by atoms with E-state index in [0.717, 1.165) is 31.5 Å². The van der Waals surface area contributed by atoms with E-state index in [1.807, 2.05) is 18.3 Å². The Balaban J connectivity index is 1.20. The number of pyridine rings is 1. The van der Waals surface area contributed by atoms with Crippen LogP contribution in [0.3, 0.4) is 0 Å². The molecule has 4 aromatic rings. The number of rotatable bonds is 5. The summed E-state index contributed by atoms with van der Waals surface area (Å²) in [5.41, 5.74) is 2.06. The van der Waals surface area contributed by atoms with Gasteiger partial charge in [0.15, 0.2) is 5.82 Å². The molecule has 0 unspecified atom stereocenters. The molecule has 2 fully saturated rings. The summed E-state index contributed by atoms with van der Waals surface area (Å²) in [6, 6.07) is 3.90. The van der Waals surface area contributed by atoms with Crippen molar-refractivity contribution in [2.75, 3.05) is 42.9 Å². The van der Waals surface area contributed by atoms with Crippen molar-refractivity contribution in [3.05, 3.63) is 52.6 Å². The van der Waals surface area contributed by atoms with Gasteiger partial charge in [0.2, 0.25) is 5.95 Å². The van der Waals surface area contributed by atoms with Crippen LogP contribution in [0.15, 0.2) is 35.6 Å². The molecule has 0 aliphatic carbocycles. The van der Waals surface area contributed by atoms with E-state index in [2.05, 4.69) is 47.0 Å². The number of hydrogen-bond donors (Lipinski definition) is 2. The van der Waals surface area contributed by atoms with Crippen molar-refractivity contribution >= 4 is 39.0 Å². The minimum Gasteiger partial charge on any atom is -0.369 e. The number of hydrogen-bond acceptors (Lipinski definition) is 9. The molecule has 11 heteroatoms. The Morgan fingerprint density at radius 3 is 2.71 bits per heavy atom. The second-order valence-corrected chi connectivity index (χ2v) is 10.0. The van der Waals surface area contributed by atoms with Crippen LogP contribution in [0.1, 0.15) is 12.5 Å². The first-order valence-electron chi connectivity index (χ1n) is 11.1. The molecule has 2 N–H and O–H groups in total. The van der Waals surface area contributed by atoms with Gasteiger partial charge in [-0.15, -0.1) is 11.3 Å². The largest absolute Gasteiger partial charge is 0.369 e. The van der Waals surface area contributed by atoms with Gasteiger partial charge < -0.3 is 20.1 Å². The molecular formula is C23H23FN8OS. The lowest BCUT2D eigenvalue weighted by atomic mass is 9.72. The number of thiophene rings is 1. The second kappa shape index (κ2) is 7.81. The second-order valence-electron chi connectivity index (χ2n) is 9.04. The minimum atomic E-state index is -0.565. The summed E-state index contributed by atoms with van der Waals surface area (Å²) in [4.78, 5) is 37.8. The van der Waals surface area contributed by atoms with Crippen LogP contribution in [0.2, 0.25) is 0 Å². The number of aromatic nitrogens is 5. The predicted octanol–water partition coefficient (Wildman–Crippen LogP) is 3.17. The van der Waals surface area contributed by atoms with Crippen LogP contribution in [0, 0.1) is 18.2 Å². The average molecular weight is 479 g/mol. The minimum absolute atomic E-state index is 0.126. The highest BCUT2D eigenvalue weighted by Crippen LogP contribution is 2.41. The van der Waals surface area contributed by atoms with E-state index in [0.29, 0.717) is 31.9 Å². The summed E-state index contributed by atoms with van der Waals surface area (Å²) in [5, 5.41) is 3.50. The van der Waals surface area contributed by atoms with Crippen LogP contribution in [0.5, 0.6) is 0 Å². The Bertz CT molecular complexity index is 1440. The zero-order valence-corrected chi connectivity index (χ0v) is 19.6. The monoisotopic (exact) mass is 478 g/mol. The Morgan fingerprint density at radius 2 is 2.00 bits per heavy atom. The molecule has 0 atom stereocenters. The lowest BCUT2D eigenvalue weighted by molar-refractivity contribution is -0.0178. The maximum atomic E-state index is 14.7. The molecule has 1 spiro atoms. The van der Waals surface area contributed by atoms with Gasteiger partial charge >= 0.3 is 0 Å². The molecule has 0 radical (unpaired) electrons. The summed E-state index contributed by atoms with van der Waals surface area (Å²) in [6.07, 6.45) is 4.30. The number of aryl methyl sites for hydroxylation is 1. The fraction of sp³-hybridized carbons (Fsp3) is 0.348. The molecular weight excluding hydrogens is 455 g/mol. The quantitative estimate of drug-likeness (QED) is 0.451. The summed E-state index contributed by atoms with van der Waals surface area (Å²) >= 11 is 1.23. The van der Waals surface area contributed by atoms with Crippen molar-refractivity contribution < 1.29 is 4.39 Å². The summed E-state index contributed by atoms with van der Waals surface area (Å²) in [5.74, 6) is 0.236. The van der Waals surface area contributed by atoms with E-state index in [1.165, 1.54) is 30.8 Å². The SMILES string of the molecule is CCN1CC2(C1)CN(c1ccc(Nc3ncc(F)c(-c4sc5nc[nH]c(=O)c5c4C)n3)nc1)C2. The van der Waals surface area contributed by atoms with Gasteiger partial charge in [-0.25, -0.2) is 24.3 Å². The van der Waals surface area contributed by atoms with Crippen LogP contribution in [-0.4, -0.2) is 62.5 Å². The van der Waals surface area contributed by atoms with Gasteiger partial charge in [-0.1, -0.05) is 6.92 Å². The number of nitrogens with zero attached hydrogens (tertiary/aromatic N) is 6. The summed E-state index contributed by atoms with van der Waals surface area (Å²) in [7, 11) is 0. The highest BCUT2D eigenvalue weighted by Gasteiger charge is 2.51. The van der Waals surface area contributed by atoms with Gasteiger partial charge in [0.05, 0.1) is 34.7 Å². The zero-order chi connectivity index (χ0) is 23.4. The molecule has 2 saturated heterocycles. The maximum Gasteiger partial charge on any atom is 0.259 e. The normalized spacial score (nSPS) is 17.1. The maximum absolute atomic E-state index is 14.7. The first-order chi connectivity index (χ1) is 16.4. The third-order valence-electron chi connectivity index (χ3n) is 6.66. The van der Waals surface area contributed by atoms with Crippen molar-refractivity contribution in [1.82, 2.24) is 29.8 Å². The molecule has 0 saturated carbocycles. The van der Waals surface area contributed by atoms with Crippen LogP contribution in [0.4, 0.5) is 21.8 Å². The predicted molar refractivity (Wildman–Crippen MR) is 130 cm³/mol. The van der Waals surface area contributed by atoms with Crippen LogP contribution >= 0.6 is 11.3 Å². The van der Waals surface area contributed by atoms with Gasteiger partial charge in [0.25, 0.3) is 5.56 Å². The highest BCUT2D eigenvalue weighted by molar-refractivity contribution is 7.22. The van der Waals surface area contributed by atoms with E-state index in [-0.39, 0.29) is 17.2 Å². The smallest absolute Gasteiger partial charge is 0.259 e. The Kier molecular flexibility index (Phi) is 4.85. The Hall–Kier alpha value is -3.44. The number of likely N-dealkylation sites (tertiary alicyclic amines) is 1. The zero-order valence-electron chi connectivity index (χ0n) is 18.8. The molecule has 0 amide bonds. The van der Waals surface area contributed by atoms with E-state index >= 15 is 0 Å². The van der Waals surface area contributed by atoms with E-state index in [9.17, 15) is 9.18 Å². The third kappa shape index (κ3) is 3.43. The Morgan fingerprint density at radius 1 is 1.18 bits per heavy atom. The van der Waals surface area contributed by atoms with Crippen LogP contribution < -0.4 is 15.8 Å². The first-order valence-corrected chi connectivity index (χ1v) is 12.0. The molecule has 174 valence electrons. The van der Waals surface area contributed by atoms with Crippen molar-refractivity contribution in [2.45, 2.75) is 13.8 Å². The van der Waals surface area contributed by atoms with Crippen molar-refractivity contribution in [1.29, 1.82) is 0 Å². The lowest BCUT2D eigenvalue weighted by Gasteiger charge is -2.61. The van der Waals surface area contributed by atoms with Gasteiger partial charge in [0, 0.05) is 31.6 Å². The number of anilines is 3.